The Morgan fingerprint density at radius 3 is 2.66 bits per heavy atom. The number of H-pyrrole nitrogens is 1. The van der Waals surface area contributed by atoms with Gasteiger partial charge < -0.3 is 10.5 Å². The summed E-state index contributed by atoms with van der Waals surface area (Å²) in [5, 5.41) is 0. The molecule has 2 heterocycles. The molecule has 29 heavy (non-hydrogen) atoms. The molecule has 9 heteroatoms. The maximum atomic E-state index is 13.3. The minimum atomic E-state index is -0.674. The summed E-state index contributed by atoms with van der Waals surface area (Å²) < 4.78 is 6.45. The van der Waals surface area contributed by atoms with E-state index < -0.39 is 11.2 Å². The number of nitrogens with two attached hydrogens (primary N) is 1. The van der Waals surface area contributed by atoms with Gasteiger partial charge in [0, 0.05) is 25.1 Å². The number of hydrogen-bond acceptors (Lipinski definition) is 6. The van der Waals surface area contributed by atoms with Gasteiger partial charge in [-0.15, -0.1) is 11.3 Å². The molecule has 0 aliphatic rings. The highest BCUT2D eigenvalue weighted by Crippen LogP contribution is 2.27. The summed E-state index contributed by atoms with van der Waals surface area (Å²) in [5.41, 5.74) is 6.08. The molecule has 0 aliphatic heterocycles. The number of nitrogens with zero attached hydrogens (tertiary/aromatic N) is 2. The molecule has 0 aromatic carbocycles. The Hall–Kier alpha value is -2.39. The summed E-state index contributed by atoms with van der Waals surface area (Å²) in [7, 11) is 1.52. The number of aromatic nitrogens is 2. The molecule has 2 aromatic heterocycles. The van der Waals surface area contributed by atoms with Crippen molar-refractivity contribution in [2.24, 2.45) is 0 Å². The van der Waals surface area contributed by atoms with Crippen LogP contribution in [0.15, 0.2) is 15.7 Å². The highest BCUT2D eigenvalue weighted by Gasteiger charge is 2.26. The van der Waals surface area contributed by atoms with Gasteiger partial charge in [-0.1, -0.05) is 26.7 Å². The third-order valence-electron chi connectivity index (χ3n) is 4.73. The Morgan fingerprint density at radius 1 is 1.31 bits per heavy atom. The van der Waals surface area contributed by atoms with E-state index in [-0.39, 0.29) is 30.6 Å². The third kappa shape index (κ3) is 5.16. The normalized spacial score (nSPS) is 11.0. The number of hydrogen-bond donors (Lipinski definition) is 2. The fourth-order valence-corrected chi connectivity index (χ4v) is 4.17. The van der Waals surface area contributed by atoms with Crippen molar-refractivity contribution in [3.63, 3.8) is 0 Å². The molecule has 0 atom stereocenters. The number of ether oxygens (including phenoxy) is 1. The summed E-state index contributed by atoms with van der Waals surface area (Å²) in [6, 6.07) is 1.88. The molecule has 2 rings (SSSR count). The van der Waals surface area contributed by atoms with E-state index in [9.17, 15) is 14.4 Å². The van der Waals surface area contributed by atoms with Gasteiger partial charge in [-0.2, -0.15) is 0 Å². The zero-order chi connectivity index (χ0) is 21.6. The fraction of sp³-hybridized carbons (Fsp3) is 0.550. The summed E-state index contributed by atoms with van der Waals surface area (Å²) in [4.78, 5) is 43.4. The number of thiophene rings is 1. The van der Waals surface area contributed by atoms with Crippen LogP contribution in [-0.2, 0) is 17.7 Å². The lowest BCUT2D eigenvalue weighted by Gasteiger charge is -2.23. The topological polar surface area (TPSA) is 110 Å². The second kappa shape index (κ2) is 10.4. The SMILES string of the molecule is CCCCn1c(N)c(N(CCOC)C(=O)c2cc(CCC)c(C)s2)c(=O)[nH]c1=O. The van der Waals surface area contributed by atoms with Crippen molar-refractivity contribution in [1.29, 1.82) is 0 Å². The molecule has 0 unspecified atom stereocenters. The third-order valence-corrected chi connectivity index (χ3v) is 5.81. The van der Waals surface area contributed by atoms with Crippen LogP contribution < -0.4 is 21.9 Å². The maximum absolute atomic E-state index is 13.3. The average Bonchev–Trinajstić information content (AvgIpc) is 3.04. The van der Waals surface area contributed by atoms with Gasteiger partial charge in [0.05, 0.1) is 11.5 Å². The molecule has 0 saturated heterocycles. The first-order chi connectivity index (χ1) is 13.8. The first-order valence-corrected chi connectivity index (χ1v) is 10.7. The number of rotatable bonds is 10. The van der Waals surface area contributed by atoms with Gasteiger partial charge in [0.2, 0.25) is 0 Å². The highest BCUT2D eigenvalue weighted by molar-refractivity contribution is 7.14. The van der Waals surface area contributed by atoms with Crippen LogP contribution in [0.1, 0.15) is 53.2 Å². The fourth-order valence-electron chi connectivity index (χ4n) is 3.15. The summed E-state index contributed by atoms with van der Waals surface area (Å²) in [6.45, 7) is 6.81. The highest BCUT2D eigenvalue weighted by atomic mass is 32.1. The molecular weight excluding hydrogens is 392 g/mol. The monoisotopic (exact) mass is 422 g/mol. The predicted octanol–water partition coefficient (Wildman–Crippen LogP) is 2.53. The lowest BCUT2D eigenvalue weighted by atomic mass is 10.1. The Labute approximate surface area is 174 Å². The molecule has 2 aromatic rings. The molecule has 0 spiro atoms. The second-order valence-corrected chi connectivity index (χ2v) is 8.15. The number of methoxy groups -OCH3 is 1. The van der Waals surface area contributed by atoms with E-state index in [4.69, 9.17) is 10.5 Å². The van der Waals surface area contributed by atoms with Crippen molar-refractivity contribution in [2.45, 2.75) is 53.0 Å². The summed E-state index contributed by atoms with van der Waals surface area (Å²) in [5.74, 6) is -0.325. The maximum Gasteiger partial charge on any atom is 0.330 e. The predicted molar refractivity (Wildman–Crippen MR) is 117 cm³/mol. The molecular formula is C20H30N4O4S. The van der Waals surface area contributed by atoms with Crippen molar-refractivity contribution in [2.75, 3.05) is 30.9 Å². The molecule has 3 N–H and O–H groups in total. The Balaban J connectivity index is 2.55. The largest absolute Gasteiger partial charge is 0.383 e. The van der Waals surface area contributed by atoms with E-state index in [1.54, 1.807) is 0 Å². The first kappa shape index (κ1) is 22.9. The first-order valence-electron chi connectivity index (χ1n) is 9.88. The van der Waals surface area contributed by atoms with E-state index in [1.165, 1.54) is 27.9 Å². The number of nitrogen functional groups attached to an aromatic ring is 1. The van der Waals surface area contributed by atoms with Gasteiger partial charge in [0.1, 0.15) is 5.82 Å². The van der Waals surface area contributed by atoms with Crippen LogP contribution in [0.25, 0.3) is 0 Å². The van der Waals surface area contributed by atoms with Crippen LogP contribution in [0.3, 0.4) is 0 Å². The number of nitrogens with one attached hydrogen (secondary N) is 1. The number of anilines is 2. The van der Waals surface area contributed by atoms with Crippen molar-refractivity contribution < 1.29 is 9.53 Å². The van der Waals surface area contributed by atoms with Gasteiger partial charge in [-0.25, -0.2) is 4.79 Å². The van der Waals surface area contributed by atoms with Crippen LogP contribution in [0.5, 0.6) is 0 Å². The Morgan fingerprint density at radius 2 is 2.03 bits per heavy atom. The van der Waals surface area contributed by atoms with E-state index in [0.29, 0.717) is 11.4 Å². The molecule has 0 bridgehead atoms. The molecule has 1 amide bonds. The minimum absolute atomic E-state index is 0.00119. The molecule has 0 fully saturated rings. The van der Waals surface area contributed by atoms with Gasteiger partial charge in [-0.3, -0.25) is 24.0 Å². The van der Waals surface area contributed by atoms with Crippen LogP contribution in [0.4, 0.5) is 11.5 Å². The van der Waals surface area contributed by atoms with E-state index in [0.717, 1.165) is 36.1 Å². The standard InChI is InChI=1S/C20H30N4O4S/c1-5-7-9-24-17(21)16(18(25)22-20(24)27)23(10-11-28-4)19(26)15-12-14(8-6-2)13(3)29-15/h12H,5-11,21H2,1-4H3,(H,22,25,27). The van der Waals surface area contributed by atoms with Crippen LogP contribution >= 0.6 is 11.3 Å². The van der Waals surface area contributed by atoms with Crippen molar-refractivity contribution in [3.05, 3.63) is 42.2 Å². The number of amides is 1. The van der Waals surface area contributed by atoms with Crippen LogP contribution in [-0.4, -0.2) is 35.7 Å². The van der Waals surface area contributed by atoms with Gasteiger partial charge in [-0.05, 0) is 31.4 Å². The van der Waals surface area contributed by atoms with Crippen molar-refractivity contribution in [1.82, 2.24) is 9.55 Å². The number of aryl methyl sites for hydroxylation is 2. The summed E-state index contributed by atoms with van der Waals surface area (Å²) >= 11 is 1.40. The van der Waals surface area contributed by atoms with Gasteiger partial charge >= 0.3 is 5.69 Å². The number of unbranched alkanes of at least 4 members (excludes halogenated alkanes) is 1. The molecule has 0 aliphatic carbocycles. The minimum Gasteiger partial charge on any atom is -0.383 e. The quantitative estimate of drug-likeness (QED) is 0.611. The second-order valence-electron chi connectivity index (χ2n) is 6.89. The Bertz CT molecular complexity index is 960. The van der Waals surface area contributed by atoms with E-state index in [2.05, 4.69) is 11.9 Å². The number of carbonyl (C=O) groups excluding carboxylic acids is 1. The van der Waals surface area contributed by atoms with Gasteiger partial charge in [0.25, 0.3) is 11.5 Å². The zero-order valence-corrected chi connectivity index (χ0v) is 18.4. The Kier molecular flexibility index (Phi) is 8.21. The van der Waals surface area contributed by atoms with Crippen LogP contribution in [0.2, 0.25) is 0 Å². The zero-order valence-electron chi connectivity index (χ0n) is 17.5. The smallest absolute Gasteiger partial charge is 0.330 e. The molecule has 160 valence electrons. The van der Waals surface area contributed by atoms with Crippen molar-refractivity contribution >= 4 is 28.7 Å². The number of carbonyl (C=O) groups is 1. The summed E-state index contributed by atoms with van der Waals surface area (Å²) in [6.07, 6.45) is 3.46. The van der Waals surface area contributed by atoms with E-state index >= 15 is 0 Å². The van der Waals surface area contributed by atoms with Gasteiger partial charge in [0.15, 0.2) is 5.69 Å². The molecule has 8 nitrogen and oxygen atoms in total. The average molecular weight is 423 g/mol. The number of aromatic amines is 1. The lowest BCUT2D eigenvalue weighted by molar-refractivity contribution is 0.0979. The van der Waals surface area contributed by atoms with Crippen molar-refractivity contribution in [3.8, 4) is 0 Å². The molecule has 0 radical (unpaired) electrons. The lowest BCUT2D eigenvalue weighted by Crippen LogP contribution is -2.42. The van der Waals surface area contributed by atoms with E-state index in [1.807, 2.05) is 19.9 Å². The molecule has 0 saturated carbocycles. The van der Waals surface area contributed by atoms with Crippen LogP contribution in [0, 0.1) is 6.92 Å².